The van der Waals surface area contributed by atoms with Crippen molar-refractivity contribution < 1.29 is 42.4 Å². The van der Waals surface area contributed by atoms with E-state index >= 15 is 0 Å². The maximum Gasteiger partial charge on any atom is 0.160 e. The summed E-state index contributed by atoms with van der Waals surface area (Å²) in [5.74, 6) is 4.33. The van der Waals surface area contributed by atoms with Gasteiger partial charge in [-0.2, -0.15) is 0 Å². The SMILES string of the molecule is COc1ccc(CCN)cc1OC.Cc1cccc(OCC2CO2)c1.[2H]C([2H])([2H])c1cccc(OCC(O)CCCCc2ccc(OC)c(OC)c2)c1. The highest BCUT2D eigenvalue weighted by molar-refractivity contribution is 5.43. The van der Waals surface area contributed by atoms with Gasteiger partial charge in [-0.05, 0) is 117 Å². The quantitative estimate of drug-likeness (QED) is 0.0880. The average Bonchev–Trinajstić information content (AvgIpc) is 4.00. The molecule has 1 aliphatic rings. The third-order valence-electron chi connectivity index (χ3n) is 7.69. The number of epoxide rings is 1. The highest BCUT2D eigenvalue weighted by atomic mass is 16.6. The number of hydrogen-bond donors (Lipinski definition) is 2. The molecule has 5 rings (SSSR count). The molecule has 1 fully saturated rings. The fourth-order valence-electron chi connectivity index (χ4n) is 4.87. The summed E-state index contributed by atoms with van der Waals surface area (Å²) in [6.45, 7) is 2.22. The van der Waals surface area contributed by atoms with Gasteiger partial charge in [-0.3, -0.25) is 0 Å². The molecule has 50 heavy (non-hydrogen) atoms. The van der Waals surface area contributed by atoms with Crippen molar-refractivity contribution >= 4 is 0 Å². The number of unbranched alkanes of at least 4 members (excludes halogenated alkanes) is 1. The van der Waals surface area contributed by atoms with E-state index in [-0.39, 0.29) is 12.2 Å². The van der Waals surface area contributed by atoms with Crippen molar-refractivity contribution in [1.82, 2.24) is 0 Å². The van der Waals surface area contributed by atoms with Crippen molar-refractivity contribution in [3.8, 4) is 34.5 Å². The van der Waals surface area contributed by atoms with Gasteiger partial charge in [0.2, 0.25) is 0 Å². The smallest absolute Gasteiger partial charge is 0.160 e. The summed E-state index contributed by atoms with van der Waals surface area (Å²) in [6.07, 6.45) is 3.89. The predicted molar refractivity (Wildman–Crippen MR) is 199 cm³/mol. The van der Waals surface area contributed by atoms with Crippen LogP contribution in [0.15, 0.2) is 84.9 Å². The van der Waals surface area contributed by atoms with Gasteiger partial charge in [0.15, 0.2) is 23.0 Å². The fourth-order valence-corrected chi connectivity index (χ4v) is 4.87. The summed E-state index contributed by atoms with van der Waals surface area (Å²) in [6, 6.07) is 26.1. The Hall–Kier alpha value is -4.44. The van der Waals surface area contributed by atoms with Crippen LogP contribution in [0, 0.1) is 13.8 Å². The number of benzene rings is 4. The van der Waals surface area contributed by atoms with Crippen molar-refractivity contribution in [3.05, 3.63) is 107 Å². The van der Waals surface area contributed by atoms with E-state index in [0.717, 1.165) is 55.1 Å². The van der Waals surface area contributed by atoms with Gasteiger partial charge >= 0.3 is 0 Å². The molecule has 4 aromatic rings. The van der Waals surface area contributed by atoms with Crippen molar-refractivity contribution in [2.75, 3.05) is 54.8 Å². The Morgan fingerprint density at radius 1 is 0.740 bits per heavy atom. The lowest BCUT2D eigenvalue weighted by Crippen LogP contribution is -2.17. The van der Waals surface area contributed by atoms with Crippen LogP contribution < -0.4 is 34.2 Å². The summed E-state index contributed by atoms with van der Waals surface area (Å²) in [4.78, 5) is 0. The van der Waals surface area contributed by atoms with Crippen LogP contribution in [0.1, 0.15) is 45.6 Å². The molecular formula is C41H55NO8. The monoisotopic (exact) mass is 692 g/mol. The van der Waals surface area contributed by atoms with Gasteiger partial charge in [0.1, 0.15) is 30.8 Å². The largest absolute Gasteiger partial charge is 0.493 e. The van der Waals surface area contributed by atoms with E-state index in [1.54, 1.807) is 46.6 Å². The van der Waals surface area contributed by atoms with Gasteiger partial charge in [0, 0.05) is 4.11 Å². The first kappa shape index (κ1) is 35.4. The number of aryl methyl sites for hydroxylation is 3. The van der Waals surface area contributed by atoms with E-state index in [9.17, 15) is 5.11 Å². The van der Waals surface area contributed by atoms with E-state index in [2.05, 4.69) is 13.0 Å². The first-order chi connectivity index (χ1) is 25.5. The van der Waals surface area contributed by atoms with Crippen molar-refractivity contribution in [3.63, 3.8) is 0 Å². The second-order valence-electron chi connectivity index (χ2n) is 11.7. The van der Waals surface area contributed by atoms with Gasteiger partial charge in [0.05, 0.1) is 41.2 Å². The summed E-state index contributed by atoms with van der Waals surface area (Å²) >= 11 is 0. The van der Waals surface area contributed by atoms with E-state index in [1.807, 2.05) is 54.6 Å². The number of methoxy groups -OCH3 is 4. The maximum absolute atomic E-state index is 10.1. The molecule has 0 radical (unpaired) electrons. The zero-order valence-electron chi connectivity index (χ0n) is 33.0. The normalized spacial score (nSPS) is 14.5. The second kappa shape index (κ2) is 22.3. The van der Waals surface area contributed by atoms with Crippen LogP contribution in [0.2, 0.25) is 0 Å². The molecule has 2 atom stereocenters. The standard InChI is InChI=1S/C21H28O4.C10H15NO2.C10H12O2/c1-16-7-6-10-19(13-16)25-15-18(22)9-5-4-8-17-11-12-20(23-2)21(14-17)24-3;1-12-9-4-3-8(5-6-11)7-10(9)13-2;1-8-3-2-4-9(5-8)11-6-10-7-12-10/h6-7,10-14,18,22H,4-5,8-9,15H2,1-3H3;3-4,7H,5-6,11H2,1-2H3;2-5,10H,6-7H2,1H3/i1D3;;. The molecule has 0 amide bonds. The molecule has 1 saturated heterocycles. The third kappa shape index (κ3) is 15.0. The number of aliphatic hydroxyl groups excluding tert-OH is 1. The van der Waals surface area contributed by atoms with Gasteiger partial charge in [0.25, 0.3) is 0 Å². The molecule has 1 heterocycles. The van der Waals surface area contributed by atoms with Gasteiger partial charge in [-0.15, -0.1) is 0 Å². The molecule has 1 aliphatic heterocycles. The lowest BCUT2D eigenvalue weighted by atomic mass is 10.0. The molecule has 0 spiro atoms. The predicted octanol–water partition coefficient (Wildman–Crippen LogP) is 7.14. The van der Waals surface area contributed by atoms with E-state index in [1.165, 1.54) is 17.2 Å². The average molecular weight is 693 g/mol. The van der Waals surface area contributed by atoms with Crippen LogP contribution in [0.3, 0.4) is 0 Å². The lowest BCUT2D eigenvalue weighted by molar-refractivity contribution is 0.0976. The van der Waals surface area contributed by atoms with Crippen LogP contribution in [-0.4, -0.2) is 72.1 Å². The summed E-state index contributed by atoms with van der Waals surface area (Å²) in [5, 5.41) is 10.1. The minimum absolute atomic E-state index is 0.140. The second-order valence-corrected chi connectivity index (χ2v) is 11.7. The minimum Gasteiger partial charge on any atom is -0.493 e. The van der Waals surface area contributed by atoms with E-state index < -0.39 is 13.0 Å². The molecule has 3 N–H and O–H groups in total. The zero-order valence-corrected chi connectivity index (χ0v) is 30.0. The van der Waals surface area contributed by atoms with Crippen LogP contribution in [0.5, 0.6) is 34.5 Å². The molecule has 272 valence electrons. The topological polar surface area (TPSA) is 114 Å². The number of nitrogens with two attached hydrogens (primary N) is 1. The number of rotatable bonds is 17. The summed E-state index contributed by atoms with van der Waals surface area (Å²) < 4.78 is 59.2. The minimum atomic E-state index is -2.16. The van der Waals surface area contributed by atoms with Crippen LogP contribution in [0.25, 0.3) is 0 Å². The Labute approximate surface area is 302 Å². The Morgan fingerprint density at radius 2 is 1.30 bits per heavy atom. The molecule has 4 aromatic carbocycles. The molecule has 0 aromatic heterocycles. The van der Waals surface area contributed by atoms with Crippen LogP contribution in [0.4, 0.5) is 0 Å². The van der Waals surface area contributed by atoms with E-state index in [4.69, 9.17) is 43.0 Å². The molecular weight excluding hydrogens is 634 g/mol. The molecule has 2 unspecified atom stereocenters. The molecule has 0 aliphatic carbocycles. The number of ether oxygens (including phenoxy) is 7. The Kier molecular flexibility index (Phi) is 15.8. The molecule has 0 saturated carbocycles. The van der Waals surface area contributed by atoms with Crippen molar-refractivity contribution in [2.24, 2.45) is 5.73 Å². The van der Waals surface area contributed by atoms with E-state index in [0.29, 0.717) is 42.9 Å². The van der Waals surface area contributed by atoms with Crippen LogP contribution in [-0.2, 0) is 17.6 Å². The zero-order chi connectivity index (χ0) is 38.6. The number of hydrogen-bond acceptors (Lipinski definition) is 9. The molecule has 9 nitrogen and oxygen atoms in total. The third-order valence-corrected chi connectivity index (χ3v) is 7.69. The van der Waals surface area contributed by atoms with Crippen LogP contribution >= 0.6 is 0 Å². The first-order valence-electron chi connectivity index (χ1n) is 18.3. The van der Waals surface area contributed by atoms with Crippen molar-refractivity contribution in [2.45, 2.75) is 58.1 Å². The summed E-state index contributed by atoms with van der Waals surface area (Å²) in [5.41, 5.74) is 9.23. The van der Waals surface area contributed by atoms with Gasteiger partial charge in [-0.1, -0.05) is 42.8 Å². The molecule has 0 bridgehead atoms. The lowest BCUT2D eigenvalue weighted by Gasteiger charge is -2.13. The maximum atomic E-state index is 10.1. The fraction of sp³-hybridized carbons (Fsp3) is 0.415. The Bertz CT molecular complexity index is 1650. The summed E-state index contributed by atoms with van der Waals surface area (Å²) in [7, 11) is 6.48. The van der Waals surface area contributed by atoms with Gasteiger partial charge < -0.3 is 44.0 Å². The Balaban J connectivity index is 0.000000248. The van der Waals surface area contributed by atoms with Gasteiger partial charge in [-0.25, -0.2) is 0 Å². The Morgan fingerprint density at radius 3 is 1.84 bits per heavy atom. The highest BCUT2D eigenvalue weighted by Crippen LogP contribution is 2.29. The molecule has 9 heteroatoms. The highest BCUT2D eigenvalue weighted by Gasteiger charge is 2.22. The van der Waals surface area contributed by atoms with Crippen molar-refractivity contribution in [1.29, 1.82) is 0 Å². The first-order valence-corrected chi connectivity index (χ1v) is 16.8. The number of aliphatic hydroxyl groups is 1.